The van der Waals surface area contributed by atoms with E-state index in [0.29, 0.717) is 17.5 Å². The molecule has 0 N–H and O–H groups in total. The number of hydrogen-bond acceptors (Lipinski definition) is 8. The average Bonchev–Trinajstić information content (AvgIpc) is 3.28. The second kappa shape index (κ2) is 6.43. The van der Waals surface area contributed by atoms with Gasteiger partial charge in [0.1, 0.15) is 5.82 Å². The third kappa shape index (κ3) is 2.94. The summed E-state index contributed by atoms with van der Waals surface area (Å²) >= 11 is 0. The van der Waals surface area contributed by atoms with Crippen LogP contribution < -0.4 is 4.90 Å². The van der Waals surface area contributed by atoms with Crippen molar-refractivity contribution in [2.24, 2.45) is 0 Å². The molecule has 132 valence electrons. The molecular formula is C15H12F2N8O. The minimum Gasteiger partial charge on any atom is -0.349 e. The Kier molecular flexibility index (Phi) is 3.95. The molecule has 26 heavy (non-hydrogen) atoms. The number of alkyl halides is 2. The predicted octanol–water partition coefficient (Wildman–Crippen LogP) is 2.14. The van der Waals surface area contributed by atoms with Crippen molar-refractivity contribution >= 4 is 11.5 Å². The topological polar surface area (TPSA) is 98.1 Å². The summed E-state index contributed by atoms with van der Waals surface area (Å²) in [5, 5.41) is 15.2. The van der Waals surface area contributed by atoms with Crippen LogP contribution in [-0.2, 0) is 6.54 Å². The molecule has 0 saturated carbocycles. The molecule has 0 aliphatic heterocycles. The Balaban J connectivity index is 1.57. The lowest BCUT2D eigenvalue weighted by atomic mass is 10.3. The van der Waals surface area contributed by atoms with E-state index in [1.165, 1.54) is 0 Å². The number of rotatable bonds is 5. The van der Waals surface area contributed by atoms with Crippen molar-refractivity contribution in [1.29, 1.82) is 0 Å². The van der Waals surface area contributed by atoms with Gasteiger partial charge in [0, 0.05) is 25.0 Å². The van der Waals surface area contributed by atoms with Gasteiger partial charge >= 0.3 is 0 Å². The highest BCUT2D eigenvalue weighted by atomic mass is 19.3. The van der Waals surface area contributed by atoms with Gasteiger partial charge in [0.15, 0.2) is 5.65 Å². The monoisotopic (exact) mass is 358 g/mol. The van der Waals surface area contributed by atoms with Crippen LogP contribution in [0.5, 0.6) is 0 Å². The molecule has 4 aromatic heterocycles. The highest BCUT2D eigenvalue weighted by Crippen LogP contribution is 2.20. The van der Waals surface area contributed by atoms with Crippen molar-refractivity contribution in [3.8, 4) is 11.4 Å². The van der Waals surface area contributed by atoms with Crippen molar-refractivity contribution in [3.63, 3.8) is 0 Å². The molecule has 0 atom stereocenters. The van der Waals surface area contributed by atoms with Gasteiger partial charge in [0.25, 0.3) is 6.43 Å². The third-order valence-electron chi connectivity index (χ3n) is 3.62. The van der Waals surface area contributed by atoms with Crippen LogP contribution in [-0.4, -0.2) is 42.0 Å². The normalized spacial score (nSPS) is 11.4. The molecule has 4 heterocycles. The Labute approximate surface area is 145 Å². The summed E-state index contributed by atoms with van der Waals surface area (Å²) in [6.45, 7) is 0.248. The van der Waals surface area contributed by atoms with Crippen molar-refractivity contribution in [2.75, 3.05) is 11.9 Å². The number of halogens is 2. The molecular weight excluding hydrogens is 346 g/mol. The van der Waals surface area contributed by atoms with Crippen LogP contribution in [0.2, 0.25) is 0 Å². The molecule has 4 rings (SSSR count). The Morgan fingerprint density at radius 3 is 2.88 bits per heavy atom. The average molecular weight is 358 g/mol. The molecule has 0 saturated heterocycles. The highest BCUT2D eigenvalue weighted by molar-refractivity contribution is 5.52. The van der Waals surface area contributed by atoms with Crippen LogP contribution in [0.25, 0.3) is 17.0 Å². The predicted molar refractivity (Wildman–Crippen MR) is 85.4 cm³/mol. The van der Waals surface area contributed by atoms with E-state index in [4.69, 9.17) is 4.52 Å². The maximum Gasteiger partial charge on any atom is 0.299 e. The first-order valence-corrected chi connectivity index (χ1v) is 7.56. The van der Waals surface area contributed by atoms with Crippen LogP contribution in [0.4, 0.5) is 14.6 Å². The van der Waals surface area contributed by atoms with Crippen LogP contribution in [0, 0.1) is 0 Å². The number of pyridine rings is 1. The molecule has 9 nitrogen and oxygen atoms in total. The van der Waals surface area contributed by atoms with Crippen LogP contribution in [0.3, 0.4) is 0 Å². The maximum atomic E-state index is 13.0. The second-order valence-electron chi connectivity index (χ2n) is 5.43. The molecule has 0 spiro atoms. The summed E-state index contributed by atoms with van der Waals surface area (Å²) in [6.07, 6.45) is 0.515. The van der Waals surface area contributed by atoms with E-state index < -0.39 is 12.2 Å². The van der Waals surface area contributed by atoms with Gasteiger partial charge in [-0.3, -0.25) is 4.98 Å². The summed E-state index contributed by atoms with van der Waals surface area (Å²) in [5.41, 5.74) is 0.977. The smallest absolute Gasteiger partial charge is 0.299 e. The second-order valence-corrected chi connectivity index (χ2v) is 5.43. The molecule has 0 fully saturated rings. The van der Waals surface area contributed by atoms with Gasteiger partial charge < -0.3 is 9.42 Å². The zero-order valence-electron chi connectivity index (χ0n) is 13.5. The van der Waals surface area contributed by atoms with Gasteiger partial charge in [0.2, 0.25) is 17.5 Å². The lowest BCUT2D eigenvalue weighted by Gasteiger charge is -2.15. The number of aromatic nitrogens is 7. The molecule has 0 unspecified atom stereocenters. The van der Waals surface area contributed by atoms with Crippen molar-refractivity contribution in [2.45, 2.75) is 13.0 Å². The summed E-state index contributed by atoms with van der Waals surface area (Å²) in [5.74, 6) is 0.696. The van der Waals surface area contributed by atoms with E-state index in [1.807, 2.05) is 6.07 Å². The summed E-state index contributed by atoms with van der Waals surface area (Å²) in [6, 6.07) is 6.80. The molecule has 0 aliphatic carbocycles. The van der Waals surface area contributed by atoms with Crippen molar-refractivity contribution < 1.29 is 13.3 Å². The first kappa shape index (κ1) is 16.0. The summed E-state index contributed by atoms with van der Waals surface area (Å²) in [7, 11) is 1.73. The molecule has 0 aliphatic rings. The fourth-order valence-corrected chi connectivity index (χ4v) is 2.35. The Morgan fingerprint density at radius 1 is 1.23 bits per heavy atom. The lowest BCUT2D eigenvalue weighted by Crippen LogP contribution is -2.19. The standard InChI is InChI=1S/C15H12F2N8O/c1-24(8-12-19-14(23-26-12)9-3-2-6-18-7-9)11-5-4-10-20-21-15(13(16)17)25(10)22-11/h2-7,13H,8H2,1H3. The molecule has 0 aromatic carbocycles. The van der Waals surface area contributed by atoms with E-state index in [9.17, 15) is 8.78 Å². The van der Waals surface area contributed by atoms with Gasteiger partial charge in [-0.25, -0.2) is 8.78 Å². The van der Waals surface area contributed by atoms with Gasteiger partial charge in [-0.05, 0) is 24.3 Å². The van der Waals surface area contributed by atoms with Gasteiger partial charge in [0.05, 0.1) is 6.54 Å². The van der Waals surface area contributed by atoms with Crippen LogP contribution >= 0.6 is 0 Å². The quantitative estimate of drug-likeness (QED) is 0.535. The molecule has 0 radical (unpaired) electrons. The zero-order valence-corrected chi connectivity index (χ0v) is 13.5. The van der Waals surface area contributed by atoms with Gasteiger partial charge in [-0.15, -0.1) is 15.3 Å². The minimum atomic E-state index is -2.77. The molecule has 11 heteroatoms. The van der Waals surface area contributed by atoms with E-state index in [1.54, 1.807) is 42.5 Å². The molecule has 0 amide bonds. The van der Waals surface area contributed by atoms with E-state index in [-0.39, 0.29) is 12.2 Å². The summed E-state index contributed by atoms with van der Waals surface area (Å²) in [4.78, 5) is 10.0. The van der Waals surface area contributed by atoms with Crippen molar-refractivity contribution in [3.05, 3.63) is 48.4 Å². The number of nitrogens with zero attached hydrogens (tertiary/aromatic N) is 8. The van der Waals surface area contributed by atoms with Gasteiger partial charge in [-0.1, -0.05) is 5.16 Å². The lowest BCUT2D eigenvalue weighted by molar-refractivity contribution is 0.137. The largest absolute Gasteiger partial charge is 0.349 e. The Morgan fingerprint density at radius 2 is 2.12 bits per heavy atom. The zero-order chi connectivity index (χ0) is 18.1. The maximum absolute atomic E-state index is 13.0. The summed E-state index contributed by atoms with van der Waals surface area (Å²) < 4.78 is 32.2. The van der Waals surface area contributed by atoms with Crippen LogP contribution in [0.1, 0.15) is 18.1 Å². The SMILES string of the molecule is CN(Cc1nc(-c2cccnc2)no1)c1ccc2nnc(C(F)F)n2n1. The first-order chi connectivity index (χ1) is 12.6. The fraction of sp³-hybridized carbons (Fsp3) is 0.200. The Bertz CT molecular complexity index is 1030. The number of hydrogen-bond donors (Lipinski definition) is 0. The van der Waals surface area contributed by atoms with Crippen molar-refractivity contribution in [1.82, 2.24) is 34.9 Å². The molecule has 0 bridgehead atoms. The fourth-order valence-electron chi connectivity index (χ4n) is 2.35. The van der Waals surface area contributed by atoms with Crippen LogP contribution in [0.15, 0.2) is 41.2 Å². The van der Waals surface area contributed by atoms with E-state index in [2.05, 4.69) is 30.4 Å². The minimum absolute atomic E-state index is 0.245. The van der Waals surface area contributed by atoms with Gasteiger partial charge in [-0.2, -0.15) is 9.50 Å². The van der Waals surface area contributed by atoms with E-state index >= 15 is 0 Å². The Hall–Kier alpha value is -3.50. The third-order valence-corrected chi connectivity index (χ3v) is 3.62. The number of anilines is 1. The highest BCUT2D eigenvalue weighted by Gasteiger charge is 2.18. The first-order valence-electron chi connectivity index (χ1n) is 7.56. The number of fused-ring (bicyclic) bond motifs is 1. The molecule has 4 aromatic rings. The van der Waals surface area contributed by atoms with E-state index in [0.717, 1.165) is 10.1 Å².